The molecule has 3 N–H and O–H groups in total. The Balaban J connectivity index is 2.20. The van der Waals surface area contributed by atoms with Crippen LogP contribution < -0.4 is 5.73 Å². The van der Waals surface area contributed by atoms with Gasteiger partial charge < -0.3 is 15.6 Å². The minimum Gasteiger partial charge on any atom is -0.395 e. The zero-order valence-electron chi connectivity index (χ0n) is 7.52. The number of aliphatic hydroxyl groups is 1. The summed E-state index contributed by atoms with van der Waals surface area (Å²) in [6.07, 6.45) is 0. The van der Waals surface area contributed by atoms with E-state index in [1.54, 1.807) is 0 Å². The van der Waals surface area contributed by atoms with Crippen LogP contribution in [0.25, 0.3) is 0 Å². The van der Waals surface area contributed by atoms with Gasteiger partial charge >= 0.3 is 0 Å². The molecule has 0 heterocycles. The van der Waals surface area contributed by atoms with Crippen molar-refractivity contribution in [2.24, 2.45) is 5.73 Å². The summed E-state index contributed by atoms with van der Waals surface area (Å²) in [7, 11) is 0. The van der Waals surface area contributed by atoms with Crippen LogP contribution in [-0.4, -0.2) is 24.4 Å². The molecule has 1 aromatic carbocycles. The summed E-state index contributed by atoms with van der Waals surface area (Å²) in [6.45, 7) is 0.911. The lowest BCUT2D eigenvalue weighted by Gasteiger charge is -2.08. The van der Waals surface area contributed by atoms with E-state index in [1.807, 2.05) is 30.3 Å². The van der Waals surface area contributed by atoms with Gasteiger partial charge in [-0.15, -0.1) is 0 Å². The Morgan fingerprint density at radius 3 is 2.62 bits per heavy atom. The van der Waals surface area contributed by atoms with Crippen molar-refractivity contribution in [1.82, 2.24) is 0 Å². The molecule has 1 aromatic rings. The van der Waals surface area contributed by atoms with Gasteiger partial charge in [-0.25, -0.2) is 0 Å². The van der Waals surface area contributed by atoms with Gasteiger partial charge in [-0.1, -0.05) is 30.3 Å². The van der Waals surface area contributed by atoms with Crippen LogP contribution in [0.3, 0.4) is 0 Å². The molecule has 0 aromatic heterocycles. The second-order valence-electron chi connectivity index (χ2n) is 2.94. The molecule has 3 heteroatoms. The summed E-state index contributed by atoms with van der Waals surface area (Å²) in [5, 5.41) is 8.63. The quantitative estimate of drug-likeness (QED) is 0.696. The molecule has 13 heavy (non-hydrogen) atoms. The third-order valence-electron chi connectivity index (χ3n) is 1.68. The molecule has 0 saturated carbocycles. The molecule has 0 amide bonds. The van der Waals surface area contributed by atoms with Gasteiger partial charge in [0.05, 0.1) is 25.9 Å². The highest BCUT2D eigenvalue weighted by molar-refractivity contribution is 5.13. The van der Waals surface area contributed by atoms with Crippen molar-refractivity contribution in [2.75, 3.05) is 13.2 Å². The van der Waals surface area contributed by atoms with Gasteiger partial charge in [0.25, 0.3) is 0 Å². The number of aliphatic hydroxyl groups excluding tert-OH is 1. The van der Waals surface area contributed by atoms with Gasteiger partial charge in [0.1, 0.15) is 0 Å². The number of benzene rings is 1. The third-order valence-corrected chi connectivity index (χ3v) is 1.68. The van der Waals surface area contributed by atoms with E-state index in [0.717, 1.165) is 5.56 Å². The summed E-state index contributed by atoms with van der Waals surface area (Å²) in [4.78, 5) is 0. The highest BCUT2D eigenvalue weighted by atomic mass is 16.5. The average molecular weight is 181 g/mol. The normalized spacial score (nSPS) is 12.8. The lowest BCUT2D eigenvalue weighted by Crippen LogP contribution is -2.29. The molecular weight excluding hydrogens is 166 g/mol. The van der Waals surface area contributed by atoms with E-state index in [-0.39, 0.29) is 12.6 Å². The van der Waals surface area contributed by atoms with Gasteiger partial charge in [-0.2, -0.15) is 0 Å². The molecule has 0 bridgehead atoms. The number of hydrogen-bond donors (Lipinski definition) is 2. The van der Waals surface area contributed by atoms with Gasteiger partial charge in [0, 0.05) is 0 Å². The Hall–Kier alpha value is -0.900. The maximum atomic E-state index is 8.63. The first-order valence-corrected chi connectivity index (χ1v) is 4.31. The largest absolute Gasteiger partial charge is 0.395 e. The fourth-order valence-electron chi connectivity index (χ4n) is 0.955. The smallest absolute Gasteiger partial charge is 0.0717 e. The maximum Gasteiger partial charge on any atom is 0.0717 e. The Bertz CT molecular complexity index is 226. The molecule has 1 atom stereocenters. The van der Waals surface area contributed by atoms with Gasteiger partial charge in [0.2, 0.25) is 0 Å². The molecule has 0 spiro atoms. The third kappa shape index (κ3) is 4.03. The molecule has 0 aliphatic carbocycles. The molecule has 1 unspecified atom stereocenters. The molecule has 0 aliphatic heterocycles. The minimum absolute atomic E-state index is 0.0329. The van der Waals surface area contributed by atoms with Crippen LogP contribution in [0.2, 0.25) is 0 Å². The summed E-state index contributed by atoms with van der Waals surface area (Å²) in [5.74, 6) is 0. The van der Waals surface area contributed by atoms with E-state index >= 15 is 0 Å². The van der Waals surface area contributed by atoms with Crippen molar-refractivity contribution in [1.29, 1.82) is 0 Å². The van der Waals surface area contributed by atoms with Crippen molar-refractivity contribution in [3.8, 4) is 0 Å². The van der Waals surface area contributed by atoms with E-state index in [9.17, 15) is 0 Å². The van der Waals surface area contributed by atoms with Gasteiger partial charge in [0.15, 0.2) is 0 Å². The Kier molecular flexibility index (Phi) is 4.46. The predicted octanol–water partition coefficient (Wildman–Crippen LogP) is 0.523. The second kappa shape index (κ2) is 5.70. The summed E-state index contributed by atoms with van der Waals surface area (Å²) < 4.78 is 5.29. The zero-order valence-corrected chi connectivity index (χ0v) is 7.52. The first kappa shape index (κ1) is 10.2. The maximum absolute atomic E-state index is 8.63. The van der Waals surface area contributed by atoms with Crippen molar-refractivity contribution >= 4 is 0 Å². The van der Waals surface area contributed by atoms with E-state index in [0.29, 0.717) is 13.2 Å². The molecule has 3 nitrogen and oxygen atoms in total. The molecule has 0 radical (unpaired) electrons. The Morgan fingerprint density at radius 1 is 1.31 bits per heavy atom. The summed E-state index contributed by atoms with van der Waals surface area (Å²) in [5.41, 5.74) is 6.58. The average Bonchev–Trinajstić information content (AvgIpc) is 2.19. The number of ether oxygens (including phenoxy) is 1. The highest BCUT2D eigenvalue weighted by Crippen LogP contribution is 2.00. The van der Waals surface area contributed by atoms with Crippen molar-refractivity contribution in [3.05, 3.63) is 35.9 Å². The molecule has 72 valence electrons. The Labute approximate surface area is 78.1 Å². The summed E-state index contributed by atoms with van der Waals surface area (Å²) in [6, 6.07) is 9.59. The zero-order chi connectivity index (χ0) is 9.52. The van der Waals surface area contributed by atoms with Crippen LogP contribution >= 0.6 is 0 Å². The van der Waals surface area contributed by atoms with Crippen molar-refractivity contribution in [3.63, 3.8) is 0 Å². The fourth-order valence-corrected chi connectivity index (χ4v) is 0.955. The SMILES string of the molecule is NC(CO)COCc1ccccc1. The molecular formula is C10H15NO2. The molecule has 0 saturated heterocycles. The predicted molar refractivity (Wildman–Crippen MR) is 51.2 cm³/mol. The lowest BCUT2D eigenvalue weighted by atomic mass is 10.2. The molecule has 0 fully saturated rings. The first-order chi connectivity index (χ1) is 6.33. The van der Waals surface area contributed by atoms with Crippen LogP contribution in [0.15, 0.2) is 30.3 Å². The van der Waals surface area contributed by atoms with Crippen LogP contribution in [0.4, 0.5) is 0 Å². The first-order valence-electron chi connectivity index (χ1n) is 4.31. The Morgan fingerprint density at radius 2 is 2.00 bits per heavy atom. The van der Waals surface area contributed by atoms with E-state index in [2.05, 4.69) is 0 Å². The molecule has 1 rings (SSSR count). The van der Waals surface area contributed by atoms with E-state index in [1.165, 1.54) is 0 Å². The van der Waals surface area contributed by atoms with Crippen LogP contribution in [0.1, 0.15) is 5.56 Å². The molecule has 0 aliphatic rings. The van der Waals surface area contributed by atoms with E-state index < -0.39 is 0 Å². The second-order valence-corrected chi connectivity index (χ2v) is 2.94. The number of nitrogens with two attached hydrogens (primary N) is 1. The van der Waals surface area contributed by atoms with Gasteiger partial charge in [-0.3, -0.25) is 0 Å². The van der Waals surface area contributed by atoms with Gasteiger partial charge in [-0.05, 0) is 5.56 Å². The number of hydrogen-bond acceptors (Lipinski definition) is 3. The van der Waals surface area contributed by atoms with Crippen LogP contribution in [-0.2, 0) is 11.3 Å². The lowest BCUT2D eigenvalue weighted by molar-refractivity contribution is 0.0899. The van der Waals surface area contributed by atoms with Crippen LogP contribution in [0, 0.1) is 0 Å². The standard InChI is InChI=1S/C10H15NO2/c11-10(6-12)8-13-7-9-4-2-1-3-5-9/h1-5,10,12H,6-8,11H2. The van der Waals surface area contributed by atoms with E-state index in [4.69, 9.17) is 15.6 Å². The van der Waals surface area contributed by atoms with Crippen molar-refractivity contribution in [2.45, 2.75) is 12.6 Å². The minimum atomic E-state index is -0.274. The monoisotopic (exact) mass is 181 g/mol. The van der Waals surface area contributed by atoms with Crippen LogP contribution in [0.5, 0.6) is 0 Å². The fraction of sp³-hybridized carbons (Fsp3) is 0.400. The summed E-state index contributed by atoms with van der Waals surface area (Å²) >= 11 is 0. The number of rotatable bonds is 5. The highest BCUT2D eigenvalue weighted by Gasteiger charge is 1.99. The topological polar surface area (TPSA) is 55.5 Å². The van der Waals surface area contributed by atoms with Crippen molar-refractivity contribution < 1.29 is 9.84 Å².